The lowest BCUT2D eigenvalue weighted by Gasteiger charge is -2.35. The zero-order chi connectivity index (χ0) is 25.9. The molecule has 196 valence electrons. The van der Waals surface area contributed by atoms with Crippen LogP contribution in [-0.2, 0) is 19.1 Å². The number of allylic oxidation sites excluding steroid dienone is 1. The number of alkyl carbamates (subject to hydrolysis) is 1. The third kappa shape index (κ3) is 8.88. The van der Waals surface area contributed by atoms with Crippen molar-refractivity contribution in [3.8, 4) is 0 Å². The molecule has 1 aromatic carbocycles. The van der Waals surface area contributed by atoms with E-state index in [0.717, 1.165) is 35.1 Å². The van der Waals surface area contributed by atoms with E-state index in [4.69, 9.17) is 13.6 Å². The van der Waals surface area contributed by atoms with Gasteiger partial charge in [0.25, 0.3) is 0 Å². The normalized spacial score (nSPS) is 22.3. The number of nitrogens with one attached hydrogen (secondary N) is 1. The molecule has 35 heavy (non-hydrogen) atoms. The van der Waals surface area contributed by atoms with E-state index in [-0.39, 0.29) is 6.09 Å². The molecular formula is C28H47NO4Si2. The number of ether oxygens (including phenoxy) is 2. The van der Waals surface area contributed by atoms with Crippen molar-refractivity contribution in [3.05, 3.63) is 42.0 Å². The van der Waals surface area contributed by atoms with Crippen molar-refractivity contribution in [2.24, 2.45) is 5.92 Å². The van der Waals surface area contributed by atoms with Crippen molar-refractivity contribution in [2.75, 3.05) is 6.61 Å². The molecule has 7 heteroatoms. The fourth-order valence-electron chi connectivity index (χ4n) is 5.35. The Morgan fingerprint density at radius 3 is 2.54 bits per heavy atom. The summed E-state index contributed by atoms with van der Waals surface area (Å²) in [6.07, 6.45) is 6.73. The Morgan fingerprint density at radius 2 is 1.86 bits per heavy atom. The van der Waals surface area contributed by atoms with Crippen molar-refractivity contribution >= 4 is 28.3 Å². The summed E-state index contributed by atoms with van der Waals surface area (Å²) in [5.41, 5.74) is 2.58. The first-order valence-corrected chi connectivity index (χ1v) is 19.6. The number of epoxide rings is 1. The minimum atomic E-state index is -1.80. The Balaban J connectivity index is 1.37. The van der Waals surface area contributed by atoms with Gasteiger partial charge in [0.2, 0.25) is 0 Å². The lowest BCUT2D eigenvalue weighted by atomic mass is 9.88. The first-order chi connectivity index (χ1) is 16.3. The highest BCUT2D eigenvalue weighted by Gasteiger charge is 2.44. The highest BCUT2D eigenvalue weighted by atomic mass is 28.4. The number of fused-ring (bicyclic) bond motifs is 1. The van der Waals surface area contributed by atoms with Crippen LogP contribution in [0.3, 0.4) is 0 Å². The number of hydrogen-bond donors (Lipinski definition) is 1. The summed E-state index contributed by atoms with van der Waals surface area (Å²) in [7, 11) is -3.50. The molecule has 5 nitrogen and oxygen atoms in total. The van der Waals surface area contributed by atoms with Crippen LogP contribution in [0.25, 0.3) is 5.57 Å². The summed E-state index contributed by atoms with van der Waals surface area (Å²) in [6, 6.07) is 10.4. The second-order valence-corrected chi connectivity index (χ2v) is 21.3. The Hall–Kier alpha value is -1.42. The minimum Gasteiger partial charge on any atom is -0.455 e. The van der Waals surface area contributed by atoms with Gasteiger partial charge in [-0.1, -0.05) is 36.8 Å². The van der Waals surface area contributed by atoms with Crippen LogP contribution in [0, 0.1) is 5.92 Å². The molecule has 1 saturated carbocycles. The molecule has 1 aromatic rings. The van der Waals surface area contributed by atoms with Gasteiger partial charge in [-0.3, -0.25) is 0 Å². The molecule has 1 aliphatic carbocycles. The molecule has 3 rings (SSSR count). The molecule has 0 aromatic heterocycles. The van der Waals surface area contributed by atoms with E-state index in [0.29, 0.717) is 18.8 Å². The van der Waals surface area contributed by atoms with Crippen molar-refractivity contribution in [1.29, 1.82) is 0 Å². The summed E-state index contributed by atoms with van der Waals surface area (Å²) in [5.74, 6) is 0.818. The smallest absolute Gasteiger partial charge is 0.407 e. The Bertz CT molecular complexity index is 899. The van der Waals surface area contributed by atoms with E-state index in [2.05, 4.69) is 44.2 Å². The molecule has 0 spiro atoms. The molecule has 1 N–H and O–H groups in total. The first-order valence-electron chi connectivity index (χ1n) is 13.3. The molecule has 0 radical (unpaired) electrons. The summed E-state index contributed by atoms with van der Waals surface area (Å²) in [4.78, 5) is 12.5. The summed E-state index contributed by atoms with van der Waals surface area (Å²) in [5, 5.41) is 3.02. The van der Waals surface area contributed by atoms with E-state index >= 15 is 0 Å². The van der Waals surface area contributed by atoms with Gasteiger partial charge >= 0.3 is 6.09 Å². The van der Waals surface area contributed by atoms with Crippen molar-refractivity contribution in [3.63, 3.8) is 0 Å². The standard InChI is InChI=1S/C28H47NO4Si2/c1-21(2)23-11-9-12-24(20-23)28(3,4)29-27(30)31-16-10-17-34(5,6)33-35(7,8)18-15-22-13-14-25-26(19-22)32-25/h9,11-12,20,22,25-26H,1,10,13-19H2,2-8H3,(H,29,30). The highest BCUT2D eigenvalue weighted by Crippen LogP contribution is 2.41. The first kappa shape index (κ1) is 28.2. The predicted octanol–water partition coefficient (Wildman–Crippen LogP) is 7.46. The van der Waals surface area contributed by atoms with Gasteiger partial charge in [-0.2, -0.15) is 0 Å². The topological polar surface area (TPSA) is 60.1 Å². The van der Waals surface area contributed by atoms with Gasteiger partial charge in [-0.25, -0.2) is 4.79 Å². The predicted molar refractivity (Wildman–Crippen MR) is 150 cm³/mol. The number of carbonyl (C=O) groups excluding carboxylic acids is 1. The maximum absolute atomic E-state index is 12.5. The van der Waals surface area contributed by atoms with Gasteiger partial charge in [0.1, 0.15) is 0 Å². The second kappa shape index (κ2) is 11.3. The SMILES string of the molecule is C=C(C)c1cccc(C(C)(C)NC(=O)OCCC[Si](C)(C)O[Si](C)(C)CCC2CCC3OC3C2)c1. The number of carbonyl (C=O) groups is 1. The molecule has 1 heterocycles. The lowest BCUT2D eigenvalue weighted by molar-refractivity contribution is 0.135. The van der Waals surface area contributed by atoms with Gasteiger partial charge < -0.3 is 18.9 Å². The van der Waals surface area contributed by atoms with E-state index in [1.165, 1.54) is 31.7 Å². The number of rotatable bonds is 12. The van der Waals surface area contributed by atoms with E-state index in [1.54, 1.807) is 0 Å². The number of benzene rings is 1. The third-order valence-corrected chi connectivity index (χ3v) is 14.9. The van der Waals surface area contributed by atoms with Gasteiger partial charge in [-0.05, 0) is 108 Å². The zero-order valence-electron chi connectivity index (χ0n) is 23.0. The molecule has 3 unspecified atom stereocenters. The fourth-order valence-corrected chi connectivity index (χ4v) is 14.2. The zero-order valence-corrected chi connectivity index (χ0v) is 25.0. The molecular weight excluding hydrogens is 470 g/mol. The van der Waals surface area contributed by atoms with E-state index in [9.17, 15) is 4.79 Å². The van der Waals surface area contributed by atoms with Crippen molar-refractivity contribution in [2.45, 2.75) is 109 Å². The van der Waals surface area contributed by atoms with Crippen LogP contribution in [-0.4, -0.2) is 41.5 Å². The molecule has 2 fully saturated rings. The van der Waals surface area contributed by atoms with Crippen LogP contribution in [0.15, 0.2) is 30.8 Å². The lowest BCUT2D eigenvalue weighted by Crippen LogP contribution is -2.44. The third-order valence-electron chi connectivity index (χ3n) is 7.47. The quantitative estimate of drug-likeness (QED) is 0.178. The van der Waals surface area contributed by atoms with Gasteiger partial charge in [0.05, 0.1) is 24.4 Å². The van der Waals surface area contributed by atoms with E-state index in [1.807, 2.05) is 39.0 Å². The fraction of sp³-hybridized carbons (Fsp3) is 0.679. The molecule has 1 amide bonds. The van der Waals surface area contributed by atoms with Crippen molar-refractivity contribution in [1.82, 2.24) is 5.32 Å². The maximum atomic E-state index is 12.5. The van der Waals surface area contributed by atoms with Crippen LogP contribution in [0.4, 0.5) is 4.79 Å². The summed E-state index contributed by atoms with van der Waals surface area (Å²) < 4.78 is 18.1. The molecule has 0 bridgehead atoms. The molecule has 1 saturated heterocycles. The number of hydrogen-bond acceptors (Lipinski definition) is 4. The molecule has 3 atom stereocenters. The van der Waals surface area contributed by atoms with Crippen molar-refractivity contribution < 1.29 is 18.4 Å². The Kier molecular flexibility index (Phi) is 9.11. The summed E-state index contributed by atoms with van der Waals surface area (Å²) >= 11 is 0. The van der Waals surface area contributed by atoms with Crippen LogP contribution >= 0.6 is 0 Å². The molecule has 2 aliphatic rings. The van der Waals surface area contributed by atoms with Crippen LogP contribution in [0.5, 0.6) is 0 Å². The van der Waals surface area contributed by atoms with Gasteiger partial charge in [0, 0.05) is 0 Å². The molecule has 1 aliphatic heterocycles. The van der Waals surface area contributed by atoms with Crippen LogP contribution in [0.1, 0.15) is 64.0 Å². The Morgan fingerprint density at radius 1 is 1.14 bits per heavy atom. The average Bonchev–Trinajstić information content (AvgIpc) is 3.53. The van der Waals surface area contributed by atoms with Gasteiger partial charge in [-0.15, -0.1) is 0 Å². The second-order valence-electron chi connectivity index (χ2n) is 12.4. The monoisotopic (exact) mass is 517 g/mol. The van der Waals surface area contributed by atoms with Crippen LogP contribution < -0.4 is 5.32 Å². The van der Waals surface area contributed by atoms with E-state index < -0.39 is 22.2 Å². The van der Waals surface area contributed by atoms with Gasteiger partial charge in [0.15, 0.2) is 16.6 Å². The van der Waals surface area contributed by atoms with Crippen LogP contribution in [0.2, 0.25) is 38.3 Å². The largest absolute Gasteiger partial charge is 0.455 e. The minimum absolute atomic E-state index is 0.375. The average molecular weight is 518 g/mol. The maximum Gasteiger partial charge on any atom is 0.407 e. The Labute approximate surface area is 215 Å². The highest BCUT2D eigenvalue weighted by molar-refractivity contribution is 6.84. The summed E-state index contributed by atoms with van der Waals surface area (Å²) in [6.45, 7) is 19.8. The number of amides is 1.